The molecule has 2 nitrogen and oxygen atoms in total. The van der Waals surface area contributed by atoms with E-state index in [0.717, 1.165) is 17.3 Å². The van der Waals surface area contributed by atoms with Gasteiger partial charge in [-0.1, -0.05) is 45.4 Å². The number of anilines is 2. The highest BCUT2D eigenvalue weighted by molar-refractivity contribution is 5.55. The van der Waals surface area contributed by atoms with Crippen LogP contribution >= 0.6 is 0 Å². The monoisotopic (exact) mass is 288 g/mol. The van der Waals surface area contributed by atoms with Crippen LogP contribution in [0.5, 0.6) is 0 Å². The van der Waals surface area contributed by atoms with Crippen molar-refractivity contribution in [2.45, 2.75) is 77.0 Å². The normalized spacial score (nSPS) is 22.3. The molecule has 1 aromatic carbocycles. The maximum atomic E-state index is 5.92. The summed E-state index contributed by atoms with van der Waals surface area (Å²) in [6, 6.07) is 6.09. The SMILES string of the molecule is CCCCCCC[C@H]1CC[C@H](c2cc(N)cc(N)c2)CC1. The number of hydrogen-bond donors (Lipinski definition) is 2. The zero-order valence-electron chi connectivity index (χ0n) is 13.6. The van der Waals surface area contributed by atoms with E-state index in [4.69, 9.17) is 11.5 Å². The third-order valence-electron chi connectivity index (χ3n) is 5.03. The minimum atomic E-state index is 0.673. The van der Waals surface area contributed by atoms with Crippen molar-refractivity contribution in [3.8, 4) is 0 Å². The Labute approximate surface area is 130 Å². The molecular formula is C19H32N2. The Hall–Kier alpha value is -1.18. The highest BCUT2D eigenvalue weighted by Crippen LogP contribution is 2.38. The molecule has 0 bridgehead atoms. The Morgan fingerprint density at radius 1 is 0.857 bits per heavy atom. The number of benzene rings is 1. The Morgan fingerprint density at radius 2 is 1.48 bits per heavy atom. The first-order chi connectivity index (χ1) is 10.2. The van der Waals surface area contributed by atoms with Gasteiger partial charge in [0, 0.05) is 11.4 Å². The van der Waals surface area contributed by atoms with E-state index in [1.807, 2.05) is 6.07 Å². The number of nitrogens with two attached hydrogens (primary N) is 2. The molecule has 0 atom stereocenters. The van der Waals surface area contributed by atoms with Gasteiger partial charge in [0.2, 0.25) is 0 Å². The molecule has 2 heteroatoms. The maximum absolute atomic E-state index is 5.92. The molecule has 0 amide bonds. The summed E-state index contributed by atoms with van der Waals surface area (Å²) in [5.74, 6) is 1.63. The predicted molar refractivity (Wildman–Crippen MR) is 93.3 cm³/mol. The second kappa shape index (κ2) is 8.31. The molecule has 1 aliphatic carbocycles. The molecule has 1 aromatic rings. The van der Waals surface area contributed by atoms with Gasteiger partial charge >= 0.3 is 0 Å². The molecule has 21 heavy (non-hydrogen) atoms. The largest absolute Gasteiger partial charge is 0.399 e. The summed E-state index contributed by atoms with van der Waals surface area (Å²) in [4.78, 5) is 0. The lowest BCUT2D eigenvalue weighted by atomic mass is 9.77. The van der Waals surface area contributed by atoms with Crippen LogP contribution in [0.3, 0.4) is 0 Å². The molecule has 0 saturated heterocycles. The second-order valence-electron chi connectivity index (χ2n) is 6.85. The Bertz CT molecular complexity index is 399. The van der Waals surface area contributed by atoms with Gasteiger partial charge in [0.1, 0.15) is 0 Å². The zero-order chi connectivity index (χ0) is 15.1. The second-order valence-corrected chi connectivity index (χ2v) is 6.85. The first-order valence-corrected chi connectivity index (χ1v) is 8.85. The average Bonchev–Trinajstić information content (AvgIpc) is 2.47. The third kappa shape index (κ3) is 5.26. The van der Waals surface area contributed by atoms with Crippen LogP contribution in [-0.2, 0) is 0 Å². The molecule has 0 aromatic heterocycles. The zero-order valence-corrected chi connectivity index (χ0v) is 13.6. The summed E-state index contributed by atoms with van der Waals surface area (Å²) in [7, 11) is 0. The summed E-state index contributed by atoms with van der Waals surface area (Å²) in [6.45, 7) is 2.28. The molecule has 2 rings (SSSR count). The summed E-state index contributed by atoms with van der Waals surface area (Å²) in [5, 5.41) is 0. The maximum Gasteiger partial charge on any atom is 0.0337 e. The first kappa shape index (κ1) is 16.2. The van der Waals surface area contributed by atoms with Crippen LogP contribution in [0.25, 0.3) is 0 Å². The number of hydrogen-bond acceptors (Lipinski definition) is 2. The van der Waals surface area contributed by atoms with Crippen LogP contribution in [-0.4, -0.2) is 0 Å². The first-order valence-electron chi connectivity index (χ1n) is 8.85. The summed E-state index contributed by atoms with van der Waals surface area (Å²) in [5.41, 5.74) is 14.8. The molecule has 1 saturated carbocycles. The van der Waals surface area contributed by atoms with Gasteiger partial charge in [-0.3, -0.25) is 0 Å². The van der Waals surface area contributed by atoms with Gasteiger partial charge in [0.15, 0.2) is 0 Å². The van der Waals surface area contributed by atoms with E-state index in [9.17, 15) is 0 Å². The Morgan fingerprint density at radius 3 is 2.10 bits per heavy atom. The quantitative estimate of drug-likeness (QED) is 0.515. The summed E-state index contributed by atoms with van der Waals surface area (Å²) >= 11 is 0. The van der Waals surface area contributed by atoms with Gasteiger partial charge in [-0.25, -0.2) is 0 Å². The smallest absolute Gasteiger partial charge is 0.0337 e. The van der Waals surface area contributed by atoms with Crippen LogP contribution in [0, 0.1) is 5.92 Å². The van der Waals surface area contributed by atoms with Crippen molar-refractivity contribution in [1.29, 1.82) is 0 Å². The Balaban J connectivity index is 1.72. The average molecular weight is 288 g/mol. The van der Waals surface area contributed by atoms with E-state index >= 15 is 0 Å². The van der Waals surface area contributed by atoms with Gasteiger partial charge in [-0.15, -0.1) is 0 Å². The molecule has 118 valence electrons. The van der Waals surface area contributed by atoms with Gasteiger partial charge in [-0.2, -0.15) is 0 Å². The van der Waals surface area contributed by atoms with E-state index in [1.54, 1.807) is 0 Å². The lowest BCUT2D eigenvalue weighted by molar-refractivity contribution is 0.302. The van der Waals surface area contributed by atoms with Crippen LogP contribution in [0.4, 0.5) is 11.4 Å². The van der Waals surface area contributed by atoms with Gasteiger partial charge < -0.3 is 11.5 Å². The fourth-order valence-corrected chi connectivity index (χ4v) is 3.76. The van der Waals surface area contributed by atoms with Crippen molar-refractivity contribution in [3.05, 3.63) is 23.8 Å². The van der Waals surface area contributed by atoms with E-state index in [2.05, 4.69) is 19.1 Å². The molecule has 1 aliphatic rings. The third-order valence-corrected chi connectivity index (χ3v) is 5.03. The lowest BCUT2D eigenvalue weighted by Gasteiger charge is -2.29. The standard InChI is InChI=1S/C19H32N2/c1-2-3-4-5-6-7-15-8-10-16(11-9-15)17-12-18(20)14-19(21)13-17/h12-16H,2-11,20-21H2,1H3/t15-,16-. The van der Waals surface area contributed by atoms with E-state index < -0.39 is 0 Å². The number of nitrogen functional groups attached to an aromatic ring is 2. The molecule has 0 spiro atoms. The lowest BCUT2D eigenvalue weighted by Crippen LogP contribution is -2.13. The fourth-order valence-electron chi connectivity index (χ4n) is 3.76. The van der Waals surface area contributed by atoms with Crippen LogP contribution in [0.1, 0.15) is 82.6 Å². The van der Waals surface area contributed by atoms with Crippen molar-refractivity contribution in [2.24, 2.45) is 5.92 Å². The van der Waals surface area contributed by atoms with E-state index in [-0.39, 0.29) is 0 Å². The van der Waals surface area contributed by atoms with Crippen molar-refractivity contribution in [2.75, 3.05) is 11.5 Å². The molecule has 0 heterocycles. The molecular weight excluding hydrogens is 256 g/mol. The van der Waals surface area contributed by atoms with Gasteiger partial charge in [-0.05, 0) is 61.3 Å². The molecule has 0 radical (unpaired) electrons. The summed E-state index contributed by atoms with van der Waals surface area (Å²) in [6.07, 6.45) is 13.9. The number of unbranched alkanes of at least 4 members (excludes halogenated alkanes) is 4. The topological polar surface area (TPSA) is 52.0 Å². The van der Waals surface area contributed by atoms with Crippen molar-refractivity contribution < 1.29 is 0 Å². The van der Waals surface area contributed by atoms with E-state index in [1.165, 1.54) is 69.8 Å². The van der Waals surface area contributed by atoms with Gasteiger partial charge in [0.05, 0.1) is 0 Å². The van der Waals surface area contributed by atoms with Crippen LogP contribution in [0.15, 0.2) is 18.2 Å². The minimum absolute atomic E-state index is 0.673. The van der Waals surface area contributed by atoms with E-state index in [0.29, 0.717) is 5.92 Å². The van der Waals surface area contributed by atoms with Crippen LogP contribution in [0.2, 0.25) is 0 Å². The fraction of sp³-hybridized carbons (Fsp3) is 0.684. The van der Waals surface area contributed by atoms with Gasteiger partial charge in [0.25, 0.3) is 0 Å². The minimum Gasteiger partial charge on any atom is -0.399 e. The molecule has 0 aliphatic heterocycles. The highest BCUT2D eigenvalue weighted by Gasteiger charge is 2.22. The Kier molecular flexibility index (Phi) is 6.41. The van der Waals surface area contributed by atoms with Crippen molar-refractivity contribution >= 4 is 11.4 Å². The molecule has 0 unspecified atom stereocenters. The van der Waals surface area contributed by atoms with Crippen LogP contribution < -0.4 is 11.5 Å². The van der Waals surface area contributed by atoms with Crippen molar-refractivity contribution in [1.82, 2.24) is 0 Å². The van der Waals surface area contributed by atoms with Crippen molar-refractivity contribution in [3.63, 3.8) is 0 Å². The highest BCUT2D eigenvalue weighted by atomic mass is 14.6. The predicted octanol–water partition coefficient (Wildman–Crippen LogP) is 5.49. The molecule has 4 N–H and O–H groups in total. The summed E-state index contributed by atoms with van der Waals surface area (Å²) < 4.78 is 0. The molecule has 1 fully saturated rings. The number of rotatable bonds is 7.